The van der Waals surface area contributed by atoms with E-state index in [2.05, 4.69) is 41.6 Å². The van der Waals surface area contributed by atoms with Crippen LogP contribution in [0, 0.1) is 0 Å². The van der Waals surface area contributed by atoms with E-state index in [1.807, 2.05) is 41.7 Å². The summed E-state index contributed by atoms with van der Waals surface area (Å²) in [6.45, 7) is 6.55. The number of pyridine rings is 1. The Labute approximate surface area is 157 Å². The average molecular weight is 366 g/mol. The fraction of sp³-hybridized carbons (Fsp3) is 0.250. The summed E-state index contributed by atoms with van der Waals surface area (Å²) in [5.41, 5.74) is 1.94. The number of nitrogens with zero attached hydrogens (tertiary/aromatic N) is 3. The van der Waals surface area contributed by atoms with Crippen LogP contribution in [-0.4, -0.2) is 20.5 Å². The Balaban J connectivity index is 1.83. The summed E-state index contributed by atoms with van der Waals surface area (Å²) in [6, 6.07) is 12.1. The number of benzene rings is 1. The third kappa shape index (κ3) is 4.14. The first-order valence-corrected chi connectivity index (χ1v) is 9.41. The van der Waals surface area contributed by atoms with Crippen LogP contribution in [-0.2, 0) is 11.3 Å². The topological polar surface area (TPSA) is 59.3 Å². The van der Waals surface area contributed by atoms with Crippen LogP contribution in [0.25, 0.3) is 5.65 Å². The second kappa shape index (κ2) is 8.19. The van der Waals surface area contributed by atoms with E-state index in [-0.39, 0.29) is 5.91 Å². The predicted molar refractivity (Wildman–Crippen MR) is 104 cm³/mol. The second-order valence-corrected chi connectivity index (χ2v) is 7.35. The van der Waals surface area contributed by atoms with Gasteiger partial charge in [-0.3, -0.25) is 9.20 Å². The van der Waals surface area contributed by atoms with E-state index in [0.717, 1.165) is 26.8 Å². The van der Waals surface area contributed by atoms with Gasteiger partial charge in [0, 0.05) is 28.5 Å². The van der Waals surface area contributed by atoms with Gasteiger partial charge in [-0.15, -0.1) is 10.2 Å². The fourth-order valence-corrected chi connectivity index (χ4v) is 3.58. The zero-order chi connectivity index (χ0) is 18.5. The number of fused-ring (bicyclic) bond motifs is 1. The summed E-state index contributed by atoms with van der Waals surface area (Å²) in [7, 11) is 0. The van der Waals surface area contributed by atoms with Gasteiger partial charge in [-0.05, 0) is 36.8 Å². The van der Waals surface area contributed by atoms with Crippen molar-refractivity contribution in [2.75, 3.05) is 0 Å². The molecule has 2 heterocycles. The van der Waals surface area contributed by atoms with Gasteiger partial charge in [0.1, 0.15) is 5.82 Å². The summed E-state index contributed by atoms with van der Waals surface area (Å²) < 4.78 is 2.05. The van der Waals surface area contributed by atoms with Gasteiger partial charge in [-0.2, -0.15) is 0 Å². The molecule has 1 aromatic carbocycles. The molecular weight excluding hydrogens is 344 g/mol. The van der Waals surface area contributed by atoms with Gasteiger partial charge < -0.3 is 5.32 Å². The van der Waals surface area contributed by atoms with Crippen molar-refractivity contribution in [1.29, 1.82) is 0 Å². The summed E-state index contributed by atoms with van der Waals surface area (Å²) in [4.78, 5) is 13.9. The van der Waals surface area contributed by atoms with E-state index in [4.69, 9.17) is 0 Å². The number of nitrogens with one attached hydrogen (secondary N) is 1. The lowest BCUT2D eigenvalue weighted by Crippen LogP contribution is -2.20. The molecule has 0 aliphatic heterocycles. The van der Waals surface area contributed by atoms with Gasteiger partial charge in [0.25, 0.3) is 0 Å². The summed E-state index contributed by atoms with van der Waals surface area (Å²) in [5.74, 6) is 1.17. The number of carbonyl (C=O) groups is 1. The molecule has 0 aliphatic carbocycles. The van der Waals surface area contributed by atoms with Gasteiger partial charge in [0.2, 0.25) is 5.91 Å². The van der Waals surface area contributed by atoms with Gasteiger partial charge in [0.15, 0.2) is 5.65 Å². The molecule has 0 spiro atoms. The largest absolute Gasteiger partial charge is 0.348 e. The van der Waals surface area contributed by atoms with E-state index < -0.39 is 0 Å². The molecule has 3 aromatic rings. The molecule has 5 nitrogen and oxygen atoms in total. The van der Waals surface area contributed by atoms with Crippen LogP contribution in [0.2, 0.25) is 0 Å². The minimum atomic E-state index is -0.0835. The maximum Gasteiger partial charge on any atom is 0.243 e. The number of rotatable bonds is 6. The first kappa shape index (κ1) is 18.2. The Morgan fingerprint density at radius 3 is 2.81 bits per heavy atom. The minimum Gasteiger partial charge on any atom is -0.348 e. The van der Waals surface area contributed by atoms with Crippen molar-refractivity contribution >= 4 is 23.3 Å². The zero-order valence-electron chi connectivity index (χ0n) is 15.1. The lowest BCUT2D eigenvalue weighted by molar-refractivity contribution is -0.116. The van der Waals surface area contributed by atoms with Crippen molar-refractivity contribution in [1.82, 2.24) is 19.9 Å². The van der Waals surface area contributed by atoms with E-state index in [0.29, 0.717) is 12.5 Å². The van der Waals surface area contributed by atoms with Crippen molar-refractivity contribution in [3.8, 4) is 0 Å². The Hall–Kier alpha value is -2.60. The zero-order valence-corrected chi connectivity index (χ0v) is 16.0. The molecule has 0 unspecified atom stereocenters. The number of aromatic nitrogens is 3. The highest BCUT2D eigenvalue weighted by molar-refractivity contribution is 7.99. The number of allylic oxidation sites excluding steroid dienone is 1. The molecule has 0 atom stereocenters. The van der Waals surface area contributed by atoms with Crippen LogP contribution in [0.15, 0.2) is 64.5 Å². The molecule has 0 saturated carbocycles. The van der Waals surface area contributed by atoms with Crippen LogP contribution in [0.5, 0.6) is 0 Å². The molecular formula is C20H22N4OS. The Kier molecular flexibility index (Phi) is 5.73. The molecule has 0 bridgehead atoms. The first-order valence-electron chi connectivity index (χ1n) is 8.59. The number of hydrogen-bond donors (Lipinski definition) is 1. The molecule has 1 amide bonds. The average Bonchev–Trinajstić information content (AvgIpc) is 3.05. The Morgan fingerprint density at radius 1 is 1.23 bits per heavy atom. The molecule has 0 aliphatic rings. The SMILES string of the molecule is CC=CC(=O)NCc1ccccc1Sc1ccc2nnc(C(C)C)n2c1. The number of carbonyl (C=O) groups excluding carboxylic acids is 1. The Bertz CT molecular complexity index is 946. The molecule has 0 saturated heterocycles. The molecule has 0 fully saturated rings. The smallest absolute Gasteiger partial charge is 0.243 e. The van der Waals surface area contributed by atoms with Crippen LogP contribution in [0.1, 0.15) is 38.1 Å². The van der Waals surface area contributed by atoms with Crippen LogP contribution in [0.4, 0.5) is 0 Å². The molecule has 3 rings (SSSR count). The predicted octanol–water partition coefficient (Wildman–Crippen LogP) is 4.20. The lowest BCUT2D eigenvalue weighted by Gasteiger charge is -2.10. The lowest BCUT2D eigenvalue weighted by atomic mass is 10.2. The summed E-state index contributed by atoms with van der Waals surface area (Å²) in [6.07, 6.45) is 5.34. The molecule has 2 aromatic heterocycles. The second-order valence-electron chi connectivity index (χ2n) is 6.23. The van der Waals surface area contributed by atoms with Crippen molar-refractivity contribution in [3.63, 3.8) is 0 Å². The molecule has 26 heavy (non-hydrogen) atoms. The maximum atomic E-state index is 11.7. The highest BCUT2D eigenvalue weighted by Gasteiger charge is 2.11. The minimum absolute atomic E-state index is 0.0835. The van der Waals surface area contributed by atoms with Crippen LogP contribution in [0.3, 0.4) is 0 Å². The van der Waals surface area contributed by atoms with Crippen molar-refractivity contribution in [2.24, 2.45) is 0 Å². The molecule has 0 radical (unpaired) electrons. The van der Waals surface area contributed by atoms with E-state index >= 15 is 0 Å². The summed E-state index contributed by atoms with van der Waals surface area (Å²) >= 11 is 1.67. The van der Waals surface area contributed by atoms with E-state index in [1.54, 1.807) is 17.8 Å². The molecule has 134 valence electrons. The highest BCUT2D eigenvalue weighted by atomic mass is 32.2. The normalized spacial score (nSPS) is 11.5. The van der Waals surface area contributed by atoms with Crippen molar-refractivity contribution in [2.45, 2.75) is 43.0 Å². The molecule has 6 heteroatoms. The standard InChI is InChI=1S/C20H22N4OS/c1-4-7-19(25)21-12-15-8-5-6-9-17(15)26-16-10-11-18-22-23-20(14(2)3)24(18)13-16/h4-11,13-14H,12H2,1-3H3,(H,21,25). The monoisotopic (exact) mass is 366 g/mol. The van der Waals surface area contributed by atoms with Gasteiger partial charge in [-0.25, -0.2) is 0 Å². The first-order chi connectivity index (χ1) is 12.6. The third-order valence-electron chi connectivity index (χ3n) is 3.89. The quantitative estimate of drug-likeness (QED) is 0.664. The van der Waals surface area contributed by atoms with Gasteiger partial charge in [-0.1, -0.05) is 49.9 Å². The van der Waals surface area contributed by atoms with Crippen molar-refractivity contribution in [3.05, 3.63) is 66.1 Å². The van der Waals surface area contributed by atoms with Crippen LogP contribution < -0.4 is 5.32 Å². The highest BCUT2D eigenvalue weighted by Crippen LogP contribution is 2.31. The number of amides is 1. The van der Waals surface area contributed by atoms with Crippen LogP contribution >= 0.6 is 11.8 Å². The van der Waals surface area contributed by atoms with Gasteiger partial charge >= 0.3 is 0 Å². The number of hydrogen-bond acceptors (Lipinski definition) is 4. The van der Waals surface area contributed by atoms with Gasteiger partial charge in [0.05, 0.1) is 0 Å². The fourth-order valence-electron chi connectivity index (χ4n) is 2.61. The molecule has 1 N–H and O–H groups in total. The Morgan fingerprint density at radius 2 is 2.04 bits per heavy atom. The van der Waals surface area contributed by atoms with Crippen molar-refractivity contribution < 1.29 is 4.79 Å². The van der Waals surface area contributed by atoms with E-state index in [9.17, 15) is 4.79 Å². The third-order valence-corrected chi connectivity index (χ3v) is 4.98. The summed E-state index contributed by atoms with van der Waals surface area (Å²) in [5, 5.41) is 11.4. The van der Waals surface area contributed by atoms with E-state index in [1.165, 1.54) is 6.08 Å². The maximum absolute atomic E-state index is 11.7.